The van der Waals surface area contributed by atoms with Gasteiger partial charge in [-0.25, -0.2) is 4.39 Å². The number of rotatable bonds is 11. The maximum atomic E-state index is 13.8. The number of ketones is 1. The van der Waals surface area contributed by atoms with Crippen molar-refractivity contribution in [3.8, 4) is 11.5 Å². The lowest BCUT2D eigenvalue weighted by molar-refractivity contribution is -0.136. The number of halogens is 1. The van der Waals surface area contributed by atoms with E-state index in [2.05, 4.69) is 0 Å². The van der Waals surface area contributed by atoms with Crippen molar-refractivity contribution in [1.82, 2.24) is 0 Å². The topological polar surface area (TPSA) is 72.8 Å². The zero-order valence-electron chi connectivity index (χ0n) is 18.7. The quantitative estimate of drug-likeness (QED) is 0.384. The Morgan fingerprint density at radius 2 is 1.79 bits per heavy atom. The molecule has 0 aromatic heterocycles. The number of carboxylic acid groups (broad SMARTS) is 1. The number of benzene rings is 3. The molecule has 3 aromatic rings. The first-order chi connectivity index (χ1) is 15.8. The summed E-state index contributed by atoms with van der Waals surface area (Å²) in [7, 11) is 0. The van der Waals surface area contributed by atoms with Crippen LogP contribution in [-0.2, 0) is 11.2 Å². The van der Waals surface area contributed by atoms with Gasteiger partial charge in [-0.1, -0.05) is 36.4 Å². The second-order valence-electron chi connectivity index (χ2n) is 7.88. The Kier molecular flexibility index (Phi) is 8.19. The second-order valence-corrected chi connectivity index (χ2v) is 7.88. The van der Waals surface area contributed by atoms with Crippen molar-refractivity contribution in [2.75, 3.05) is 6.61 Å². The van der Waals surface area contributed by atoms with E-state index in [1.807, 2.05) is 38.1 Å². The van der Waals surface area contributed by atoms with Crippen LogP contribution >= 0.6 is 0 Å². The Labute approximate surface area is 192 Å². The fourth-order valence-electron chi connectivity index (χ4n) is 3.43. The van der Waals surface area contributed by atoms with Gasteiger partial charge in [0.25, 0.3) is 0 Å². The molecule has 0 saturated carbocycles. The Balaban J connectivity index is 1.58. The van der Waals surface area contributed by atoms with Crippen molar-refractivity contribution in [3.63, 3.8) is 0 Å². The van der Waals surface area contributed by atoms with Gasteiger partial charge in [0, 0.05) is 18.4 Å². The van der Waals surface area contributed by atoms with Crippen molar-refractivity contribution in [3.05, 3.63) is 94.8 Å². The molecule has 0 heterocycles. The molecule has 0 saturated heterocycles. The lowest BCUT2D eigenvalue weighted by Crippen LogP contribution is -2.18. The zero-order chi connectivity index (χ0) is 23.8. The number of carboxylic acids is 1. The molecule has 1 atom stereocenters. The number of hydrogen-bond acceptors (Lipinski definition) is 4. The van der Waals surface area contributed by atoms with Crippen LogP contribution in [0.1, 0.15) is 46.8 Å². The largest absolute Gasteiger partial charge is 0.493 e. The van der Waals surface area contributed by atoms with Crippen LogP contribution < -0.4 is 9.47 Å². The van der Waals surface area contributed by atoms with Gasteiger partial charge in [-0.2, -0.15) is 0 Å². The summed E-state index contributed by atoms with van der Waals surface area (Å²) >= 11 is 0. The van der Waals surface area contributed by atoms with Crippen LogP contribution in [0.25, 0.3) is 0 Å². The normalized spacial score (nSPS) is 11.6. The molecule has 172 valence electrons. The van der Waals surface area contributed by atoms with Crippen molar-refractivity contribution in [1.29, 1.82) is 0 Å². The number of aryl methyl sites for hydroxylation is 2. The monoisotopic (exact) mass is 450 g/mol. The predicted octanol–water partition coefficient (Wildman–Crippen LogP) is 5.62. The van der Waals surface area contributed by atoms with Crippen molar-refractivity contribution >= 4 is 11.8 Å². The van der Waals surface area contributed by atoms with Gasteiger partial charge in [-0.15, -0.1) is 0 Å². The first kappa shape index (κ1) is 24.0. The summed E-state index contributed by atoms with van der Waals surface area (Å²) in [6.07, 6.45) is 0.854. The van der Waals surface area contributed by atoms with Gasteiger partial charge < -0.3 is 14.6 Å². The summed E-state index contributed by atoms with van der Waals surface area (Å²) in [4.78, 5) is 23.6. The molecule has 0 radical (unpaired) electrons. The van der Waals surface area contributed by atoms with Gasteiger partial charge in [0.15, 0.2) is 5.78 Å². The number of ether oxygens (including phenoxy) is 2. The third-order valence-corrected chi connectivity index (χ3v) is 5.27. The highest BCUT2D eigenvalue weighted by molar-refractivity contribution is 6.10. The Hall–Kier alpha value is -3.67. The summed E-state index contributed by atoms with van der Waals surface area (Å²) in [6, 6.07) is 18.2. The summed E-state index contributed by atoms with van der Waals surface area (Å²) in [5, 5.41) is 8.84. The Bertz CT molecular complexity index is 1110. The molecule has 0 amide bonds. The second kappa shape index (κ2) is 11.3. The van der Waals surface area contributed by atoms with E-state index >= 15 is 0 Å². The van der Waals surface area contributed by atoms with Crippen LogP contribution in [0.2, 0.25) is 0 Å². The lowest BCUT2D eigenvalue weighted by Gasteiger charge is -2.18. The maximum Gasteiger partial charge on any atom is 0.303 e. The molecule has 3 aromatic carbocycles. The molecular weight excluding hydrogens is 423 g/mol. The summed E-state index contributed by atoms with van der Waals surface area (Å²) in [6.45, 7) is 4.18. The molecule has 5 nitrogen and oxygen atoms in total. The third-order valence-electron chi connectivity index (χ3n) is 5.27. The van der Waals surface area contributed by atoms with Crippen molar-refractivity contribution < 1.29 is 28.6 Å². The van der Waals surface area contributed by atoms with Gasteiger partial charge in [0.2, 0.25) is 0 Å². The maximum absolute atomic E-state index is 13.8. The van der Waals surface area contributed by atoms with Crippen LogP contribution in [0, 0.1) is 12.7 Å². The van der Waals surface area contributed by atoms with E-state index in [4.69, 9.17) is 14.6 Å². The first-order valence-electron chi connectivity index (χ1n) is 10.8. The molecule has 0 aliphatic rings. The predicted molar refractivity (Wildman–Crippen MR) is 124 cm³/mol. The lowest BCUT2D eigenvalue weighted by atomic mass is 10.0. The van der Waals surface area contributed by atoms with Gasteiger partial charge in [0.05, 0.1) is 18.3 Å². The summed E-state index contributed by atoms with van der Waals surface area (Å²) in [5.41, 5.74) is 2.61. The molecule has 0 spiro atoms. The van der Waals surface area contributed by atoms with Gasteiger partial charge in [-0.3, -0.25) is 9.59 Å². The van der Waals surface area contributed by atoms with Gasteiger partial charge >= 0.3 is 5.97 Å². The van der Waals surface area contributed by atoms with Gasteiger partial charge in [-0.05, 0) is 61.7 Å². The fourth-order valence-corrected chi connectivity index (χ4v) is 3.43. The molecule has 0 aliphatic heterocycles. The van der Waals surface area contributed by atoms with E-state index in [0.29, 0.717) is 36.5 Å². The molecule has 33 heavy (non-hydrogen) atoms. The standard InChI is InChI=1S/C27H27FO5/c1-18-16-23(11-8-20(18)9-13-26(29)30)32-15-14-19(2)33-25-12-10-22(28)17-24(25)27(31)21-6-4-3-5-7-21/h3-8,10-12,16-17,19H,9,13-15H2,1-2H3,(H,29,30)/t19-/m1/s1. The number of carbonyl (C=O) groups excluding carboxylic acids is 1. The minimum Gasteiger partial charge on any atom is -0.493 e. The van der Waals surface area contributed by atoms with Crippen molar-refractivity contribution in [2.24, 2.45) is 0 Å². The third kappa shape index (κ3) is 6.91. The number of aliphatic carboxylic acids is 1. The molecule has 6 heteroatoms. The highest BCUT2D eigenvalue weighted by Gasteiger charge is 2.17. The molecule has 0 bridgehead atoms. The zero-order valence-corrected chi connectivity index (χ0v) is 18.7. The fraction of sp³-hybridized carbons (Fsp3) is 0.259. The van der Waals surface area contributed by atoms with Crippen LogP contribution in [0.5, 0.6) is 11.5 Å². The number of hydrogen-bond donors (Lipinski definition) is 1. The average molecular weight is 451 g/mol. The number of carbonyl (C=O) groups is 2. The smallest absolute Gasteiger partial charge is 0.303 e. The highest BCUT2D eigenvalue weighted by Crippen LogP contribution is 2.25. The first-order valence-corrected chi connectivity index (χ1v) is 10.8. The van der Waals surface area contributed by atoms with Crippen LogP contribution in [-0.4, -0.2) is 29.6 Å². The molecular formula is C27H27FO5. The molecule has 0 fully saturated rings. The van der Waals surface area contributed by atoms with E-state index in [1.54, 1.807) is 24.3 Å². The van der Waals surface area contributed by atoms with Crippen molar-refractivity contribution in [2.45, 2.75) is 39.2 Å². The van der Waals surface area contributed by atoms with E-state index in [9.17, 15) is 14.0 Å². The Morgan fingerprint density at radius 1 is 1.03 bits per heavy atom. The molecule has 3 rings (SSSR count). The minimum atomic E-state index is -0.821. The molecule has 1 N–H and O–H groups in total. The van der Waals surface area contributed by atoms with Crippen LogP contribution in [0.15, 0.2) is 66.7 Å². The van der Waals surface area contributed by atoms with E-state index in [1.165, 1.54) is 18.2 Å². The SMILES string of the molecule is Cc1cc(OCC[C@@H](C)Oc2ccc(F)cc2C(=O)c2ccccc2)ccc1CCC(=O)O. The minimum absolute atomic E-state index is 0.0913. The van der Waals surface area contributed by atoms with E-state index < -0.39 is 11.8 Å². The molecule has 0 aliphatic carbocycles. The van der Waals surface area contributed by atoms with Crippen LogP contribution in [0.4, 0.5) is 4.39 Å². The summed E-state index contributed by atoms with van der Waals surface area (Å²) in [5.74, 6) is -0.595. The Morgan fingerprint density at radius 3 is 2.48 bits per heavy atom. The van der Waals surface area contributed by atoms with E-state index in [0.717, 1.165) is 11.1 Å². The average Bonchev–Trinajstić information content (AvgIpc) is 2.79. The van der Waals surface area contributed by atoms with E-state index in [-0.39, 0.29) is 23.9 Å². The summed E-state index contributed by atoms with van der Waals surface area (Å²) < 4.78 is 25.6. The molecule has 0 unspecified atom stereocenters. The highest BCUT2D eigenvalue weighted by atomic mass is 19.1. The van der Waals surface area contributed by atoms with Gasteiger partial charge in [0.1, 0.15) is 17.3 Å². The van der Waals surface area contributed by atoms with Crippen LogP contribution in [0.3, 0.4) is 0 Å².